The normalized spacial score (nSPS) is 11.3. The highest BCUT2D eigenvalue weighted by atomic mass is 16.3. The molecule has 0 spiro atoms. The number of para-hydroxylation sites is 2. The van der Waals surface area contributed by atoms with Gasteiger partial charge in [-0.2, -0.15) is 0 Å². The fourth-order valence-electron chi connectivity index (χ4n) is 3.32. The third-order valence-corrected chi connectivity index (χ3v) is 4.95. The number of amides is 1. The van der Waals surface area contributed by atoms with E-state index in [1.165, 1.54) is 11.1 Å². The van der Waals surface area contributed by atoms with E-state index in [0.717, 1.165) is 23.4 Å². The number of hydrogen-bond acceptors (Lipinski definition) is 3. The molecule has 3 aromatic rings. The van der Waals surface area contributed by atoms with Crippen LogP contribution in [0.4, 0.5) is 0 Å². The zero-order chi connectivity index (χ0) is 19.9. The molecule has 0 fully saturated rings. The van der Waals surface area contributed by atoms with Gasteiger partial charge in [-0.15, -0.1) is 0 Å². The molecule has 0 radical (unpaired) electrons. The number of hydrogen-bond donors (Lipinski definition) is 2. The van der Waals surface area contributed by atoms with Gasteiger partial charge in [0.2, 0.25) is 5.91 Å². The van der Waals surface area contributed by atoms with Crippen molar-refractivity contribution in [3.05, 3.63) is 65.5 Å². The molecule has 2 N–H and O–H groups in total. The van der Waals surface area contributed by atoms with E-state index in [4.69, 9.17) is 10.1 Å². The zero-order valence-electron chi connectivity index (χ0n) is 16.7. The number of aromatic nitrogens is 2. The minimum Gasteiger partial charge on any atom is -0.396 e. The van der Waals surface area contributed by atoms with Crippen LogP contribution in [0, 0.1) is 0 Å². The maximum atomic E-state index is 11.8. The summed E-state index contributed by atoms with van der Waals surface area (Å²) >= 11 is 0. The zero-order valence-corrected chi connectivity index (χ0v) is 16.7. The molecule has 0 unspecified atom stereocenters. The van der Waals surface area contributed by atoms with E-state index >= 15 is 0 Å². The highest BCUT2D eigenvalue weighted by Crippen LogP contribution is 2.20. The molecule has 0 saturated heterocycles. The van der Waals surface area contributed by atoms with E-state index in [1.807, 2.05) is 18.2 Å². The number of fused-ring (bicyclic) bond motifs is 1. The van der Waals surface area contributed by atoms with Crippen molar-refractivity contribution >= 4 is 16.9 Å². The number of benzene rings is 2. The highest BCUT2D eigenvalue weighted by Gasteiger charge is 2.11. The quantitative estimate of drug-likeness (QED) is 0.596. The first-order chi connectivity index (χ1) is 13.6. The monoisotopic (exact) mass is 379 g/mol. The summed E-state index contributed by atoms with van der Waals surface area (Å²) in [6, 6.07) is 16.9. The SMILES string of the molecule is CC(C)c1ccc(Cn2c(CCNC(=O)CCCO)nc3ccccc32)cc1. The van der Waals surface area contributed by atoms with Crippen LogP contribution in [0.5, 0.6) is 0 Å². The van der Waals surface area contributed by atoms with Gasteiger partial charge in [-0.25, -0.2) is 4.98 Å². The molecule has 2 aromatic carbocycles. The van der Waals surface area contributed by atoms with E-state index in [0.29, 0.717) is 31.7 Å². The second kappa shape index (κ2) is 9.51. The molecule has 0 aliphatic carbocycles. The van der Waals surface area contributed by atoms with Gasteiger partial charge in [0.05, 0.1) is 11.0 Å². The van der Waals surface area contributed by atoms with Gasteiger partial charge < -0.3 is 15.0 Å². The van der Waals surface area contributed by atoms with Gasteiger partial charge in [-0.3, -0.25) is 4.79 Å². The summed E-state index contributed by atoms with van der Waals surface area (Å²) < 4.78 is 2.24. The van der Waals surface area contributed by atoms with Crippen LogP contribution in [-0.2, 0) is 17.8 Å². The lowest BCUT2D eigenvalue weighted by atomic mass is 10.0. The van der Waals surface area contributed by atoms with Gasteiger partial charge in [-0.1, -0.05) is 50.2 Å². The lowest BCUT2D eigenvalue weighted by Crippen LogP contribution is -2.26. The van der Waals surface area contributed by atoms with Crippen LogP contribution < -0.4 is 5.32 Å². The Hall–Kier alpha value is -2.66. The second-order valence-electron chi connectivity index (χ2n) is 7.43. The van der Waals surface area contributed by atoms with Gasteiger partial charge in [0.15, 0.2) is 0 Å². The summed E-state index contributed by atoms with van der Waals surface area (Å²) in [5.74, 6) is 1.46. The van der Waals surface area contributed by atoms with Gasteiger partial charge in [0.25, 0.3) is 0 Å². The molecule has 1 aromatic heterocycles. The van der Waals surface area contributed by atoms with Gasteiger partial charge in [-0.05, 0) is 35.6 Å². The van der Waals surface area contributed by atoms with Crippen LogP contribution in [-0.4, -0.2) is 33.7 Å². The number of rotatable bonds is 9. The van der Waals surface area contributed by atoms with E-state index in [-0.39, 0.29) is 12.5 Å². The van der Waals surface area contributed by atoms with Crippen molar-refractivity contribution in [3.8, 4) is 0 Å². The number of nitrogens with zero attached hydrogens (tertiary/aromatic N) is 2. The molecule has 1 amide bonds. The lowest BCUT2D eigenvalue weighted by Gasteiger charge is -2.12. The van der Waals surface area contributed by atoms with Crippen LogP contribution in [0.2, 0.25) is 0 Å². The van der Waals surface area contributed by atoms with Crippen molar-refractivity contribution in [2.75, 3.05) is 13.2 Å². The summed E-state index contributed by atoms with van der Waals surface area (Å²) in [5, 5.41) is 11.7. The molecule has 5 nitrogen and oxygen atoms in total. The Balaban J connectivity index is 1.76. The van der Waals surface area contributed by atoms with Gasteiger partial charge >= 0.3 is 0 Å². The molecular formula is C23H29N3O2. The third kappa shape index (κ3) is 4.98. The number of carbonyl (C=O) groups excluding carboxylic acids is 1. The first-order valence-corrected chi connectivity index (χ1v) is 9.99. The summed E-state index contributed by atoms with van der Waals surface area (Å²) in [7, 11) is 0. The van der Waals surface area contributed by atoms with E-state index in [9.17, 15) is 4.79 Å². The Bertz CT molecular complexity index is 913. The lowest BCUT2D eigenvalue weighted by molar-refractivity contribution is -0.121. The number of nitrogens with one attached hydrogen (secondary N) is 1. The van der Waals surface area contributed by atoms with E-state index < -0.39 is 0 Å². The molecule has 28 heavy (non-hydrogen) atoms. The molecule has 1 heterocycles. The molecule has 0 bridgehead atoms. The maximum absolute atomic E-state index is 11.8. The molecule has 0 saturated carbocycles. The Morgan fingerprint density at radius 1 is 1.14 bits per heavy atom. The number of carbonyl (C=O) groups is 1. The van der Waals surface area contributed by atoms with Gasteiger partial charge in [0.1, 0.15) is 5.82 Å². The van der Waals surface area contributed by atoms with Crippen molar-refractivity contribution < 1.29 is 9.90 Å². The Morgan fingerprint density at radius 2 is 1.89 bits per heavy atom. The summed E-state index contributed by atoms with van der Waals surface area (Å²) in [4.78, 5) is 16.6. The minimum atomic E-state index is -0.0269. The van der Waals surface area contributed by atoms with Crippen molar-refractivity contribution in [2.45, 2.75) is 45.6 Å². The summed E-state index contributed by atoms with van der Waals surface area (Å²) in [6.07, 6.45) is 1.52. The summed E-state index contributed by atoms with van der Waals surface area (Å²) in [6.45, 7) is 5.74. The Labute approximate surface area is 166 Å². The molecule has 0 aliphatic heterocycles. The maximum Gasteiger partial charge on any atom is 0.220 e. The van der Waals surface area contributed by atoms with Crippen LogP contribution >= 0.6 is 0 Å². The molecule has 5 heteroatoms. The van der Waals surface area contributed by atoms with Crippen LogP contribution in [0.25, 0.3) is 11.0 Å². The van der Waals surface area contributed by atoms with E-state index in [1.54, 1.807) is 0 Å². The molecule has 0 aliphatic rings. The Morgan fingerprint density at radius 3 is 2.61 bits per heavy atom. The molecule has 0 atom stereocenters. The predicted molar refractivity (Wildman–Crippen MR) is 112 cm³/mol. The van der Waals surface area contributed by atoms with Crippen molar-refractivity contribution in [2.24, 2.45) is 0 Å². The minimum absolute atomic E-state index is 0.0269. The largest absolute Gasteiger partial charge is 0.396 e. The fraction of sp³-hybridized carbons (Fsp3) is 0.391. The van der Waals surface area contributed by atoms with Crippen LogP contribution in [0.15, 0.2) is 48.5 Å². The standard InChI is InChI=1S/C23H29N3O2/c1-17(2)19-11-9-18(10-12-19)16-26-21-7-4-3-6-20(21)25-22(26)13-14-24-23(28)8-5-15-27/h3-4,6-7,9-12,17,27H,5,8,13-16H2,1-2H3,(H,24,28). The molecule has 148 valence electrons. The third-order valence-electron chi connectivity index (χ3n) is 4.95. The van der Waals surface area contributed by atoms with Crippen molar-refractivity contribution in [1.29, 1.82) is 0 Å². The average molecular weight is 380 g/mol. The number of aliphatic hydroxyl groups is 1. The molecule has 3 rings (SSSR count). The summed E-state index contributed by atoms with van der Waals surface area (Å²) in [5.41, 5.74) is 4.66. The van der Waals surface area contributed by atoms with Crippen molar-refractivity contribution in [3.63, 3.8) is 0 Å². The average Bonchev–Trinajstić information content (AvgIpc) is 3.04. The van der Waals surface area contributed by atoms with Crippen LogP contribution in [0.3, 0.4) is 0 Å². The second-order valence-corrected chi connectivity index (χ2v) is 7.43. The molecular weight excluding hydrogens is 350 g/mol. The van der Waals surface area contributed by atoms with Crippen molar-refractivity contribution in [1.82, 2.24) is 14.9 Å². The van der Waals surface area contributed by atoms with Crippen LogP contribution in [0.1, 0.15) is 49.6 Å². The Kier molecular flexibility index (Phi) is 6.82. The van der Waals surface area contributed by atoms with E-state index in [2.05, 4.69) is 54.1 Å². The first-order valence-electron chi connectivity index (χ1n) is 9.99. The number of aliphatic hydroxyl groups excluding tert-OH is 1. The highest BCUT2D eigenvalue weighted by molar-refractivity contribution is 5.76. The van der Waals surface area contributed by atoms with Gasteiger partial charge in [0, 0.05) is 32.5 Å². The topological polar surface area (TPSA) is 67.2 Å². The number of imidazole rings is 1. The first kappa shape index (κ1) is 20.1. The fourth-order valence-corrected chi connectivity index (χ4v) is 3.32. The predicted octanol–water partition coefficient (Wildman–Crippen LogP) is 3.64. The smallest absolute Gasteiger partial charge is 0.220 e.